The van der Waals surface area contributed by atoms with Gasteiger partial charge in [0.25, 0.3) is 0 Å². The molecule has 0 saturated heterocycles. The minimum Gasteiger partial charge on any atom is -0.461 e. The Bertz CT molecular complexity index is 268. The standard InChI is InChI=1S/C8H9NO2/c1-6(9)5-7(10)8-3-2-4-11-8/h2-5H,9H2,1H3/b6-5+. The fourth-order valence-electron chi connectivity index (χ4n) is 0.697. The third-order valence-electron chi connectivity index (χ3n) is 1.12. The lowest BCUT2D eigenvalue weighted by atomic mass is 10.2. The molecule has 11 heavy (non-hydrogen) atoms. The molecule has 0 fully saturated rings. The zero-order valence-electron chi connectivity index (χ0n) is 6.20. The van der Waals surface area contributed by atoms with Crippen LogP contribution in [-0.4, -0.2) is 5.78 Å². The van der Waals surface area contributed by atoms with Crippen molar-refractivity contribution in [2.24, 2.45) is 5.73 Å². The zero-order chi connectivity index (χ0) is 8.27. The Morgan fingerprint density at radius 2 is 2.45 bits per heavy atom. The van der Waals surface area contributed by atoms with Crippen molar-refractivity contribution in [2.75, 3.05) is 0 Å². The van der Waals surface area contributed by atoms with Gasteiger partial charge in [0.2, 0.25) is 5.78 Å². The Hall–Kier alpha value is -1.51. The first-order valence-electron chi connectivity index (χ1n) is 3.22. The van der Waals surface area contributed by atoms with Crippen LogP contribution in [0.3, 0.4) is 0 Å². The second-order valence-corrected chi connectivity index (χ2v) is 2.23. The van der Waals surface area contributed by atoms with Crippen molar-refractivity contribution >= 4 is 5.78 Å². The van der Waals surface area contributed by atoms with Gasteiger partial charge in [-0.25, -0.2) is 0 Å². The van der Waals surface area contributed by atoms with Crippen molar-refractivity contribution in [1.29, 1.82) is 0 Å². The lowest BCUT2D eigenvalue weighted by Gasteiger charge is -1.88. The third-order valence-corrected chi connectivity index (χ3v) is 1.12. The number of allylic oxidation sites excluding steroid dienone is 2. The van der Waals surface area contributed by atoms with Crippen LogP contribution < -0.4 is 5.73 Å². The summed E-state index contributed by atoms with van der Waals surface area (Å²) in [5, 5.41) is 0. The van der Waals surface area contributed by atoms with E-state index in [2.05, 4.69) is 0 Å². The summed E-state index contributed by atoms with van der Waals surface area (Å²) in [5.74, 6) is 0.116. The van der Waals surface area contributed by atoms with E-state index in [9.17, 15) is 4.79 Å². The average Bonchev–Trinajstić information content (AvgIpc) is 2.35. The van der Waals surface area contributed by atoms with E-state index in [1.54, 1.807) is 19.1 Å². The van der Waals surface area contributed by atoms with Crippen LogP contribution >= 0.6 is 0 Å². The second kappa shape index (κ2) is 3.05. The lowest BCUT2D eigenvalue weighted by Crippen LogP contribution is -1.98. The van der Waals surface area contributed by atoms with E-state index in [1.807, 2.05) is 0 Å². The summed E-state index contributed by atoms with van der Waals surface area (Å²) in [6.07, 6.45) is 2.78. The largest absolute Gasteiger partial charge is 0.461 e. The van der Waals surface area contributed by atoms with Crippen LogP contribution in [-0.2, 0) is 0 Å². The van der Waals surface area contributed by atoms with Crippen molar-refractivity contribution < 1.29 is 9.21 Å². The fourth-order valence-corrected chi connectivity index (χ4v) is 0.697. The van der Waals surface area contributed by atoms with Gasteiger partial charge in [0.1, 0.15) is 0 Å². The molecule has 0 saturated carbocycles. The van der Waals surface area contributed by atoms with Gasteiger partial charge in [-0.3, -0.25) is 4.79 Å². The Balaban J connectivity index is 2.80. The molecule has 1 aromatic heterocycles. The minimum atomic E-state index is -0.199. The van der Waals surface area contributed by atoms with Gasteiger partial charge in [-0.2, -0.15) is 0 Å². The van der Waals surface area contributed by atoms with Gasteiger partial charge >= 0.3 is 0 Å². The number of furan rings is 1. The highest BCUT2D eigenvalue weighted by atomic mass is 16.3. The second-order valence-electron chi connectivity index (χ2n) is 2.23. The van der Waals surface area contributed by atoms with E-state index in [0.29, 0.717) is 11.5 Å². The van der Waals surface area contributed by atoms with Gasteiger partial charge in [0.05, 0.1) is 6.26 Å². The monoisotopic (exact) mass is 151 g/mol. The molecule has 0 atom stereocenters. The lowest BCUT2D eigenvalue weighted by molar-refractivity contribution is 0.102. The summed E-state index contributed by atoms with van der Waals surface area (Å²) in [5.41, 5.74) is 5.78. The van der Waals surface area contributed by atoms with Crippen molar-refractivity contribution in [2.45, 2.75) is 6.92 Å². The molecule has 2 N–H and O–H groups in total. The van der Waals surface area contributed by atoms with E-state index >= 15 is 0 Å². The van der Waals surface area contributed by atoms with Gasteiger partial charge in [-0.15, -0.1) is 0 Å². The van der Waals surface area contributed by atoms with Crippen LogP contribution in [0.25, 0.3) is 0 Å². The van der Waals surface area contributed by atoms with Gasteiger partial charge in [0.15, 0.2) is 5.76 Å². The van der Waals surface area contributed by atoms with Crippen molar-refractivity contribution in [1.82, 2.24) is 0 Å². The Labute approximate surface area is 64.5 Å². The van der Waals surface area contributed by atoms with Crippen LogP contribution in [0.4, 0.5) is 0 Å². The zero-order valence-corrected chi connectivity index (χ0v) is 6.20. The molecule has 3 heteroatoms. The van der Waals surface area contributed by atoms with Crippen LogP contribution in [0.15, 0.2) is 34.6 Å². The summed E-state index contributed by atoms with van der Waals surface area (Å²) >= 11 is 0. The molecule has 3 nitrogen and oxygen atoms in total. The smallest absolute Gasteiger partial charge is 0.222 e. The molecule has 1 heterocycles. The predicted molar refractivity (Wildman–Crippen MR) is 41.0 cm³/mol. The molecule has 0 amide bonds. The van der Waals surface area contributed by atoms with Gasteiger partial charge < -0.3 is 10.2 Å². The first kappa shape index (κ1) is 7.60. The summed E-state index contributed by atoms with van der Waals surface area (Å²) < 4.78 is 4.85. The van der Waals surface area contributed by atoms with Gasteiger partial charge in [-0.05, 0) is 19.1 Å². The normalized spacial score (nSPS) is 11.5. The SMILES string of the molecule is C/C(N)=C\C(=O)c1ccco1. The number of hydrogen-bond acceptors (Lipinski definition) is 3. The highest BCUT2D eigenvalue weighted by Gasteiger charge is 2.03. The quantitative estimate of drug-likeness (QED) is 0.512. The van der Waals surface area contributed by atoms with E-state index in [4.69, 9.17) is 10.2 Å². The number of nitrogens with two attached hydrogens (primary N) is 1. The molecule has 0 aliphatic rings. The molecule has 0 aromatic carbocycles. The van der Waals surface area contributed by atoms with E-state index in [1.165, 1.54) is 12.3 Å². The summed E-state index contributed by atoms with van der Waals surface area (Å²) in [4.78, 5) is 11.1. The molecule has 0 spiro atoms. The van der Waals surface area contributed by atoms with Crippen LogP contribution in [0.2, 0.25) is 0 Å². The molecular weight excluding hydrogens is 142 g/mol. The van der Waals surface area contributed by atoms with E-state index in [-0.39, 0.29) is 5.78 Å². The maximum atomic E-state index is 11.1. The minimum absolute atomic E-state index is 0.199. The molecule has 0 aliphatic heterocycles. The van der Waals surface area contributed by atoms with Gasteiger partial charge in [-0.1, -0.05) is 0 Å². The van der Waals surface area contributed by atoms with Crippen molar-refractivity contribution in [3.8, 4) is 0 Å². The maximum absolute atomic E-state index is 11.1. The Kier molecular flexibility index (Phi) is 2.11. The molecule has 58 valence electrons. The molecule has 0 radical (unpaired) electrons. The molecule has 0 unspecified atom stereocenters. The van der Waals surface area contributed by atoms with Gasteiger partial charge in [0, 0.05) is 11.8 Å². The fraction of sp³-hybridized carbons (Fsp3) is 0.125. The Morgan fingerprint density at radius 3 is 2.91 bits per heavy atom. The first-order chi connectivity index (χ1) is 5.20. The topological polar surface area (TPSA) is 56.2 Å². The van der Waals surface area contributed by atoms with E-state index < -0.39 is 0 Å². The first-order valence-corrected chi connectivity index (χ1v) is 3.22. The van der Waals surface area contributed by atoms with Crippen LogP contribution in [0.1, 0.15) is 17.5 Å². The number of hydrogen-bond donors (Lipinski definition) is 1. The van der Waals surface area contributed by atoms with Crippen LogP contribution in [0, 0.1) is 0 Å². The third kappa shape index (κ3) is 1.97. The molecule has 0 bridgehead atoms. The Morgan fingerprint density at radius 1 is 1.73 bits per heavy atom. The van der Waals surface area contributed by atoms with Crippen molar-refractivity contribution in [3.05, 3.63) is 35.9 Å². The summed E-state index contributed by atoms with van der Waals surface area (Å²) in [7, 11) is 0. The molecule has 1 aromatic rings. The van der Waals surface area contributed by atoms with Crippen LogP contribution in [0.5, 0.6) is 0 Å². The molecular formula is C8H9NO2. The van der Waals surface area contributed by atoms with Crippen molar-refractivity contribution in [3.63, 3.8) is 0 Å². The molecule has 0 aliphatic carbocycles. The number of carbonyl (C=O) groups is 1. The highest BCUT2D eigenvalue weighted by Crippen LogP contribution is 2.02. The number of ketones is 1. The molecule has 1 rings (SSSR count). The van der Waals surface area contributed by atoms with E-state index in [0.717, 1.165) is 0 Å². The average molecular weight is 151 g/mol. The summed E-state index contributed by atoms with van der Waals surface area (Å²) in [6, 6.07) is 3.26. The highest BCUT2D eigenvalue weighted by molar-refractivity contribution is 6.02. The number of rotatable bonds is 2. The number of carbonyl (C=O) groups excluding carboxylic acids is 1. The maximum Gasteiger partial charge on any atom is 0.222 e. The predicted octanol–water partition coefficient (Wildman–Crippen LogP) is 1.32. The summed E-state index contributed by atoms with van der Waals surface area (Å²) in [6.45, 7) is 1.65.